The Morgan fingerprint density at radius 1 is 1.19 bits per heavy atom. The molecule has 1 N–H and O–H groups in total. The zero-order valence-corrected chi connectivity index (χ0v) is 13.4. The average molecular weight is 289 g/mol. The van der Waals surface area contributed by atoms with Crippen molar-refractivity contribution in [1.82, 2.24) is 14.8 Å². The number of ether oxygens (including phenoxy) is 1. The highest BCUT2D eigenvalue weighted by Gasteiger charge is 2.05. The van der Waals surface area contributed by atoms with E-state index in [-0.39, 0.29) is 0 Å². The van der Waals surface area contributed by atoms with Crippen LogP contribution in [0.5, 0.6) is 5.75 Å². The number of nitrogens with one attached hydrogen (secondary N) is 1. The van der Waals surface area contributed by atoms with Gasteiger partial charge in [-0.3, -0.25) is 0 Å². The van der Waals surface area contributed by atoms with Gasteiger partial charge < -0.3 is 19.5 Å². The lowest BCUT2D eigenvalue weighted by atomic mass is 10.2. The Hall–Kier alpha value is -1.52. The standard InChI is InChI=1S/C17H27N3O/c1-4-21-17-8-5-7-16-15(17)9-13-20(16)14-11-18-10-6-12-19(2)3/h5,7-9,13,18H,4,6,10-12,14H2,1-3H3. The van der Waals surface area contributed by atoms with Crippen LogP contribution in [0.1, 0.15) is 13.3 Å². The smallest absolute Gasteiger partial charge is 0.128 e. The summed E-state index contributed by atoms with van der Waals surface area (Å²) in [5.74, 6) is 0.979. The summed E-state index contributed by atoms with van der Waals surface area (Å²) in [6.45, 7) is 6.92. The molecule has 0 amide bonds. The Kier molecular flexibility index (Phi) is 6.08. The van der Waals surface area contributed by atoms with Crippen molar-refractivity contribution in [3.63, 3.8) is 0 Å². The first-order valence-corrected chi connectivity index (χ1v) is 7.78. The molecule has 4 heteroatoms. The van der Waals surface area contributed by atoms with E-state index in [4.69, 9.17) is 4.74 Å². The molecule has 4 nitrogen and oxygen atoms in total. The van der Waals surface area contributed by atoms with Crippen molar-refractivity contribution in [1.29, 1.82) is 0 Å². The summed E-state index contributed by atoms with van der Waals surface area (Å²) in [4.78, 5) is 2.22. The first-order chi connectivity index (χ1) is 10.2. The fourth-order valence-electron chi connectivity index (χ4n) is 2.52. The third-order valence-corrected chi connectivity index (χ3v) is 3.56. The quantitative estimate of drug-likeness (QED) is 0.720. The van der Waals surface area contributed by atoms with Gasteiger partial charge in [-0.05, 0) is 58.7 Å². The minimum atomic E-state index is 0.706. The van der Waals surface area contributed by atoms with Crippen molar-refractivity contribution >= 4 is 10.9 Å². The highest BCUT2D eigenvalue weighted by molar-refractivity contribution is 5.86. The van der Waals surface area contributed by atoms with Gasteiger partial charge in [-0.15, -0.1) is 0 Å². The molecule has 0 aliphatic heterocycles. The van der Waals surface area contributed by atoms with E-state index >= 15 is 0 Å². The maximum absolute atomic E-state index is 5.68. The van der Waals surface area contributed by atoms with Gasteiger partial charge in [0.15, 0.2) is 0 Å². The zero-order valence-electron chi connectivity index (χ0n) is 13.4. The maximum atomic E-state index is 5.68. The van der Waals surface area contributed by atoms with Crippen LogP contribution >= 0.6 is 0 Å². The Morgan fingerprint density at radius 2 is 2.05 bits per heavy atom. The molecule has 1 aromatic heterocycles. The van der Waals surface area contributed by atoms with Crippen LogP contribution in [0.2, 0.25) is 0 Å². The summed E-state index contributed by atoms with van der Waals surface area (Å²) < 4.78 is 7.97. The molecule has 0 aliphatic carbocycles. The third-order valence-electron chi connectivity index (χ3n) is 3.56. The number of rotatable bonds is 9. The van der Waals surface area contributed by atoms with Crippen molar-refractivity contribution in [3.8, 4) is 5.75 Å². The number of benzene rings is 1. The van der Waals surface area contributed by atoms with E-state index in [9.17, 15) is 0 Å². The lowest BCUT2D eigenvalue weighted by Gasteiger charge is -2.11. The molecular weight excluding hydrogens is 262 g/mol. The molecule has 0 unspecified atom stereocenters. The van der Waals surface area contributed by atoms with Gasteiger partial charge in [-0.2, -0.15) is 0 Å². The molecule has 116 valence electrons. The second-order valence-corrected chi connectivity index (χ2v) is 5.54. The number of fused-ring (bicyclic) bond motifs is 1. The highest BCUT2D eigenvalue weighted by atomic mass is 16.5. The molecule has 0 bridgehead atoms. The number of hydrogen-bond donors (Lipinski definition) is 1. The molecule has 0 atom stereocenters. The lowest BCUT2D eigenvalue weighted by Crippen LogP contribution is -2.24. The fourth-order valence-corrected chi connectivity index (χ4v) is 2.52. The van der Waals surface area contributed by atoms with Crippen LogP contribution in [0, 0.1) is 0 Å². The van der Waals surface area contributed by atoms with E-state index in [0.717, 1.165) is 31.9 Å². The topological polar surface area (TPSA) is 29.4 Å². The van der Waals surface area contributed by atoms with Gasteiger partial charge in [0.05, 0.1) is 12.1 Å². The Labute approximate surface area is 127 Å². The Bertz CT molecular complexity index is 548. The van der Waals surface area contributed by atoms with Crippen molar-refractivity contribution in [2.75, 3.05) is 40.3 Å². The molecule has 0 fully saturated rings. The van der Waals surface area contributed by atoms with Crippen LogP contribution in [0.15, 0.2) is 30.5 Å². The molecule has 1 heterocycles. The van der Waals surface area contributed by atoms with Gasteiger partial charge in [0.1, 0.15) is 5.75 Å². The van der Waals surface area contributed by atoms with Crippen LogP contribution in [0.3, 0.4) is 0 Å². The molecule has 0 saturated heterocycles. The van der Waals surface area contributed by atoms with Gasteiger partial charge in [0.25, 0.3) is 0 Å². The van der Waals surface area contributed by atoms with Crippen LogP contribution in [-0.2, 0) is 6.54 Å². The summed E-state index contributed by atoms with van der Waals surface area (Å²) in [6, 6.07) is 8.40. The Balaban J connectivity index is 1.87. The monoisotopic (exact) mass is 289 g/mol. The molecule has 2 aromatic rings. The van der Waals surface area contributed by atoms with Crippen molar-refractivity contribution in [2.45, 2.75) is 19.9 Å². The molecule has 0 radical (unpaired) electrons. The number of hydrogen-bond acceptors (Lipinski definition) is 3. The molecule has 0 saturated carbocycles. The first kappa shape index (κ1) is 15.9. The molecule has 0 aliphatic rings. The summed E-state index contributed by atoms with van der Waals surface area (Å²) in [6.07, 6.45) is 3.34. The molecule has 1 aromatic carbocycles. The molecule has 0 spiro atoms. The van der Waals surface area contributed by atoms with E-state index in [1.54, 1.807) is 0 Å². The minimum Gasteiger partial charge on any atom is -0.493 e. The van der Waals surface area contributed by atoms with E-state index < -0.39 is 0 Å². The van der Waals surface area contributed by atoms with Gasteiger partial charge in [-0.25, -0.2) is 0 Å². The lowest BCUT2D eigenvalue weighted by molar-refractivity contribution is 0.344. The van der Waals surface area contributed by atoms with Gasteiger partial charge >= 0.3 is 0 Å². The fraction of sp³-hybridized carbons (Fsp3) is 0.529. The van der Waals surface area contributed by atoms with E-state index in [1.807, 2.05) is 13.0 Å². The number of nitrogens with zero attached hydrogens (tertiary/aromatic N) is 2. The van der Waals surface area contributed by atoms with Crippen molar-refractivity contribution in [3.05, 3.63) is 30.5 Å². The second kappa shape index (κ2) is 8.05. The van der Waals surface area contributed by atoms with Gasteiger partial charge in [0, 0.05) is 24.7 Å². The van der Waals surface area contributed by atoms with Crippen LogP contribution in [-0.4, -0.2) is 49.8 Å². The average Bonchev–Trinajstić information content (AvgIpc) is 2.87. The Morgan fingerprint density at radius 3 is 2.81 bits per heavy atom. The molecular formula is C17H27N3O. The predicted molar refractivity (Wildman–Crippen MR) is 89.1 cm³/mol. The van der Waals surface area contributed by atoms with E-state index in [1.165, 1.54) is 17.3 Å². The summed E-state index contributed by atoms with van der Waals surface area (Å²) in [5, 5.41) is 4.71. The largest absolute Gasteiger partial charge is 0.493 e. The maximum Gasteiger partial charge on any atom is 0.128 e. The van der Waals surface area contributed by atoms with Gasteiger partial charge in [0.2, 0.25) is 0 Å². The summed E-state index contributed by atoms with van der Waals surface area (Å²) >= 11 is 0. The first-order valence-electron chi connectivity index (χ1n) is 7.78. The van der Waals surface area contributed by atoms with Crippen LogP contribution in [0.25, 0.3) is 10.9 Å². The van der Waals surface area contributed by atoms with Crippen molar-refractivity contribution < 1.29 is 4.74 Å². The van der Waals surface area contributed by atoms with Gasteiger partial charge in [-0.1, -0.05) is 6.07 Å². The number of aromatic nitrogens is 1. The summed E-state index contributed by atoms with van der Waals surface area (Å²) in [5.41, 5.74) is 1.25. The SMILES string of the molecule is CCOc1cccc2c1ccn2CCNCCCN(C)C. The molecule has 2 rings (SSSR count). The van der Waals surface area contributed by atoms with Crippen molar-refractivity contribution in [2.24, 2.45) is 0 Å². The predicted octanol–water partition coefficient (Wildman–Crippen LogP) is 2.58. The van der Waals surface area contributed by atoms with Crippen LogP contribution in [0.4, 0.5) is 0 Å². The van der Waals surface area contributed by atoms with Crippen LogP contribution < -0.4 is 10.1 Å². The summed E-state index contributed by atoms with van der Waals surface area (Å²) in [7, 11) is 4.23. The molecule has 21 heavy (non-hydrogen) atoms. The third kappa shape index (κ3) is 4.48. The second-order valence-electron chi connectivity index (χ2n) is 5.54. The minimum absolute atomic E-state index is 0.706. The normalized spacial score (nSPS) is 11.4. The van der Waals surface area contributed by atoms with E-state index in [2.05, 4.69) is 53.3 Å². The van der Waals surface area contributed by atoms with E-state index in [0.29, 0.717) is 6.61 Å². The zero-order chi connectivity index (χ0) is 15.1. The highest BCUT2D eigenvalue weighted by Crippen LogP contribution is 2.26.